The Morgan fingerprint density at radius 1 is 1.50 bits per heavy atom. The molecule has 3 heteroatoms. The second-order valence-corrected chi connectivity index (χ2v) is 3.00. The van der Waals surface area contributed by atoms with E-state index < -0.39 is 12.0 Å². The highest BCUT2D eigenvalue weighted by Gasteiger charge is 2.44. The normalized spacial score (nSPS) is 38.4. The van der Waals surface area contributed by atoms with Crippen LogP contribution >= 0.6 is 0 Å². The first kappa shape index (κ1) is 7.92. The smallest absolute Gasteiger partial charge is 0.251 e. The number of rotatable bonds is 1. The van der Waals surface area contributed by atoms with Crippen molar-refractivity contribution in [3.63, 3.8) is 0 Å². The molecule has 1 aliphatic carbocycles. The van der Waals surface area contributed by atoms with Crippen LogP contribution in [0.2, 0.25) is 0 Å². The lowest BCUT2D eigenvalue weighted by atomic mass is 10.0. The van der Waals surface area contributed by atoms with E-state index in [-0.39, 0.29) is 18.8 Å². The maximum Gasteiger partial charge on any atom is 0.251 e. The fraction of sp³-hybridized carbons (Fsp3) is 1.00. The van der Waals surface area contributed by atoms with Gasteiger partial charge in [-0.15, -0.1) is 0 Å². The van der Waals surface area contributed by atoms with Crippen LogP contribution in [-0.4, -0.2) is 17.1 Å². The van der Waals surface area contributed by atoms with Gasteiger partial charge in [0.25, 0.3) is 5.92 Å². The van der Waals surface area contributed by atoms with E-state index in [0.29, 0.717) is 6.42 Å². The number of aliphatic hydroxyl groups is 1. The Morgan fingerprint density at radius 2 is 2.10 bits per heavy atom. The van der Waals surface area contributed by atoms with Gasteiger partial charge in [0.1, 0.15) is 0 Å². The second kappa shape index (κ2) is 2.46. The van der Waals surface area contributed by atoms with Gasteiger partial charge < -0.3 is 5.11 Å². The monoisotopic (exact) mass is 150 g/mol. The Labute approximate surface area is 59.0 Å². The number of halogens is 2. The van der Waals surface area contributed by atoms with Gasteiger partial charge in [0.05, 0.1) is 6.10 Å². The van der Waals surface area contributed by atoms with Crippen LogP contribution in [-0.2, 0) is 0 Å². The Bertz CT molecular complexity index is 125. The molecule has 0 saturated heterocycles. The molecule has 2 atom stereocenters. The molecule has 0 aromatic rings. The predicted octanol–water partition coefficient (Wildman–Crippen LogP) is 1.80. The van der Waals surface area contributed by atoms with E-state index in [1.807, 2.05) is 6.92 Å². The van der Waals surface area contributed by atoms with Gasteiger partial charge in [0.2, 0.25) is 0 Å². The molecule has 0 amide bonds. The highest BCUT2D eigenvalue weighted by molar-refractivity contribution is 4.87. The van der Waals surface area contributed by atoms with E-state index in [4.69, 9.17) is 5.11 Å². The third kappa shape index (κ3) is 1.45. The van der Waals surface area contributed by atoms with Crippen molar-refractivity contribution in [2.24, 2.45) is 5.92 Å². The highest BCUT2D eigenvalue weighted by atomic mass is 19.3. The summed E-state index contributed by atoms with van der Waals surface area (Å²) in [7, 11) is 0. The average Bonchev–Trinajstić information content (AvgIpc) is 2.05. The molecule has 2 unspecified atom stereocenters. The summed E-state index contributed by atoms with van der Waals surface area (Å²) >= 11 is 0. The Kier molecular flexibility index (Phi) is 1.95. The van der Waals surface area contributed by atoms with Crippen LogP contribution in [0.25, 0.3) is 0 Å². The largest absolute Gasteiger partial charge is 0.393 e. The molecule has 1 saturated carbocycles. The Hall–Kier alpha value is -0.180. The van der Waals surface area contributed by atoms with Crippen molar-refractivity contribution < 1.29 is 13.9 Å². The topological polar surface area (TPSA) is 20.2 Å². The fourth-order valence-electron chi connectivity index (χ4n) is 1.49. The van der Waals surface area contributed by atoms with Crippen molar-refractivity contribution in [3.8, 4) is 0 Å². The minimum Gasteiger partial charge on any atom is -0.393 e. The number of alkyl halides is 2. The van der Waals surface area contributed by atoms with E-state index >= 15 is 0 Å². The number of hydrogen-bond donors (Lipinski definition) is 1. The van der Waals surface area contributed by atoms with Crippen LogP contribution < -0.4 is 0 Å². The van der Waals surface area contributed by atoms with Crippen LogP contribution in [0.15, 0.2) is 0 Å². The van der Waals surface area contributed by atoms with E-state index in [1.54, 1.807) is 0 Å². The molecule has 0 spiro atoms. The first-order valence-corrected chi connectivity index (χ1v) is 3.61. The fourth-order valence-corrected chi connectivity index (χ4v) is 1.49. The van der Waals surface area contributed by atoms with Crippen molar-refractivity contribution >= 4 is 0 Å². The van der Waals surface area contributed by atoms with Crippen molar-refractivity contribution in [1.29, 1.82) is 0 Å². The van der Waals surface area contributed by atoms with Crippen molar-refractivity contribution in [1.82, 2.24) is 0 Å². The van der Waals surface area contributed by atoms with Gasteiger partial charge in [-0.05, 0) is 5.92 Å². The summed E-state index contributed by atoms with van der Waals surface area (Å²) in [5.41, 5.74) is 0. The average molecular weight is 150 g/mol. The molecule has 10 heavy (non-hydrogen) atoms. The summed E-state index contributed by atoms with van der Waals surface area (Å²) in [5, 5.41) is 9.04. The summed E-state index contributed by atoms with van der Waals surface area (Å²) in [6, 6.07) is 0. The second-order valence-electron chi connectivity index (χ2n) is 3.00. The number of aliphatic hydroxyl groups excluding tert-OH is 1. The van der Waals surface area contributed by atoms with Gasteiger partial charge in [0.15, 0.2) is 0 Å². The molecule has 0 radical (unpaired) electrons. The van der Waals surface area contributed by atoms with Crippen molar-refractivity contribution in [2.45, 2.75) is 38.2 Å². The predicted molar refractivity (Wildman–Crippen MR) is 34.0 cm³/mol. The molecule has 0 bridgehead atoms. The summed E-state index contributed by atoms with van der Waals surface area (Å²) < 4.78 is 24.9. The zero-order valence-electron chi connectivity index (χ0n) is 5.98. The van der Waals surface area contributed by atoms with E-state index in [9.17, 15) is 8.78 Å². The van der Waals surface area contributed by atoms with E-state index in [2.05, 4.69) is 0 Å². The summed E-state index contributed by atoms with van der Waals surface area (Å²) in [6.45, 7) is 1.83. The standard InChI is InChI=1S/C7H12F2O/c1-2-5-3-7(8,9)4-6(5)10/h5-6,10H,2-4H2,1H3. The molecular formula is C7H12F2O. The van der Waals surface area contributed by atoms with Crippen LogP contribution in [0.5, 0.6) is 0 Å². The first-order chi connectivity index (χ1) is 4.55. The Balaban J connectivity index is 2.52. The van der Waals surface area contributed by atoms with Gasteiger partial charge in [-0.1, -0.05) is 13.3 Å². The molecule has 1 nitrogen and oxygen atoms in total. The molecule has 1 fully saturated rings. The lowest BCUT2D eigenvalue weighted by Crippen LogP contribution is -2.12. The summed E-state index contributed by atoms with van der Waals surface area (Å²) in [6.07, 6.45) is -0.604. The quantitative estimate of drug-likeness (QED) is 0.604. The van der Waals surface area contributed by atoms with Crippen LogP contribution in [0, 0.1) is 5.92 Å². The molecular weight excluding hydrogens is 138 g/mol. The van der Waals surface area contributed by atoms with Crippen molar-refractivity contribution in [2.75, 3.05) is 0 Å². The van der Waals surface area contributed by atoms with Gasteiger partial charge in [-0.25, -0.2) is 8.78 Å². The zero-order chi connectivity index (χ0) is 7.78. The molecule has 0 aromatic carbocycles. The van der Waals surface area contributed by atoms with Gasteiger partial charge in [-0.2, -0.15) is 0 Å². The third-order valence-electron chi connectivity index (χ3n) is 2.14. The minimum absolute atomic E-state index is 0.134. The minimum atomic E-state index is -2.61. The maximum absolute atomic E-state index is 12.5. The molecule has 60 valence electrons. The molecule has 1 rings (SSSR count). The van der Waals surface area contributed by atoms with Gasteiger partial charge >= 0.3 is 0 Å². The van der Waals surface area contributed by atoms with Crippen LogP contribution in [0.3, 0.4) is 0 Å². The van der Waals surface area contributed by atoms with E-state index in [0.717, 1.165) is 0 Å². The molecule has 1 N–H and O–H groups in total. The first-order valence-electron chi connectivity index (χ1n) is 3.61. The van der Waals surface area contributed by atoms with Crippen LogP contribution in [0.1, 0.15) is 26.2 Å². The third-order valence-corrected chi connectivity index (χ3v) is 2.14. The zero-order valence-corrected chi connectivity index (χ0v) is 5.98. The SMILES string of the molecule is CCC1CC(F)(F)CC1O. The highest BCUT2D eigenvalue weighted by Crippen LogP contribution is 2.40. The number of hydrogen-bond acceptors (Lipinski definition) is 1. The Morgan fingerprint density at radius 3 is 2.30 bits per heavy atom. The molecule has 0 aliphatic heterocycles. The lowest BCUT2D eigenvalue weighted by molar-refractivity contribution is -0.00388. The summed E-state index contributed by atoms with van der Waals surface area (Å²) in [4.78, 5) is 0. The maximum atomic E-state index is 12.5. The van der Waals surface area contributed by atoms with Gasteiger partial charge in [0, 0.05) is 12.8 Å². The van der Waals surface area contributed by atoms with Gasteiger partial charge in [-0.3, -0.25) is 0 Å². The molecule has 0 aromatic heterocycles. The molecule has 1 aliphatic rings. The molecule has 0 heterocycles. The lowest BCUT2D eigenvalue weighted by Gasteiger charge is -2.08. The van der Waals surface area contributed by atoms with Crippen molar-refractivity contribution in [3.05, 3.63) is 0 Å². The van der Waals surface area contributed by atoms with E-state index in [1.165, 1.54) is 0 Å². The van der Waals surface area contributed by atoms with Crippen LogP contribution in [0.4, 0.5) is 8.78 Å². The summed E-state index contributed by atoms with van der Waals surface area (Å²) in [5.74, 6) is -2.80.